The molecule has 0 saturated heterocycles. The number of para-hydroxylation sites is 2. The zero-order valence-electron chi connectivity index (χ0n) is 31.0. The van der Waals surface area contributed by atoms with Gasteiger partial charge in [-0.05, 0) is 136 Å². The third kappa shape index (κ3) is 4.94. The lowest BCUT2D eigenvalue weighted by Crippen LogP contribution is -1.95. The van der Waals surface area contributed by atoms with E-state index in [2.05, 4.69) is 184 Å². The fourth-order valence-corrected chi connectivity index (χ4v) is 9.24. The summed E-state index contributed by atoms with van der Waals surface area (Å²) in [4.78, 5) is 9.55. The number of hydrogen-bond donors (Lipinski definition) is 0. The van der Waals surface area contributed by atoms with Crippen LogP contribution in [0.1, 0.15) is 11.1 Å². The smallest absolute Gasteiger partial charge is 0.0963 e. The summed E-state index contributed by atoms with van der Waals surface area (Å²) >= 11 is 0. The molecule has 7 aromatic carbocycles. The van der Waals surface area contributed by atoms with Gasteiger partial charge in [-0.15, -0.1) is 0 Å². The van der Waals surface area contributed by atoms with Crippen LogP contribution >= 0.6 is 0 Å². The van der Waals surface area contributed by atoms with Gasteiger partial charge in [-0.2, -0.15) is 0 Å². The van der Waals surface area contributed by atoms with Crippen molar-refractivity contribution in [2.45, 2.75) is 6.42 Å². The maximum absolute atomic E-state index is 4.87. The van der Waals surface area contributed by atoms with E-state index in [4.69, 9.17) is 4.98 Å². The van der Waals surface area contributed by atoms with Crippen molar-refractivity contribution < 1.29 is 0 Å². The van der Waals surface area contributed by atoms with Gasteiger partial charge >= 0.3 is 0 Å². The summed E-state index contributed by atoms with van der Waals surface area (Å²) in [6, 6.07) is 66.0. The number of rotatable bonds is 5. The van der Waals surface area contributed by atoms with Crippen LogP contribution in [0.15, 0.2) is 194 Å². The van der Waals surface area contributed by atoms with E-state index in [9.17, 15) is 0 Å². The lowest BCUT2D eigenvalue weighted by Gasteiger charge is -2.12. The summed E-state index contributed by atoms with van der Waals surface area (Å²) in [6.07, 6.45) is 4.69. The van der Waals surface area contributed by atoms with Gasteiger partial charge in [0.25, 0.3) is 0 Å². The first-order valence-electron chi connectivity index (χ1n) is 19.5. The molecule has 4 heterocycles. The van der Waals surface area contributed by atoms with E-state index in [1.54, 1.807) is 0 Å². The van der Waals surface area contributed by atoms with Gasteiger partial charge in [0.2, 0.25) is 0 Å². The van der Waals surface area contributed by atoms with E-state index in [0.717, 1.165) is 45.3 Å². The molecule has 1 aliphatic rings. The number of nitrogens with zero attached hydrogens (tertiary/aromatic N) is 4. The van der Waals surface area contributed by atoms with E-state index < -0.39 is 0 Å². The molecular formula is C53H34N4. The highest BCUT2D eigenvalue weighted by atomic mass is 15.0. The third-order valence-corrected chi connectivity index (χ3v) is 11.9. The van der Waals surface area contributed by atoms with Crippen LogP contribution in [0.2, 0.25) is 0 Å². The molecule has 0 saturated carbocycles. The van der Waals surface area contributed by atoms with Crippen molar-refractivity contribution in [3.8, 4) is 56.0 Å². The minimum absolute atomic E-state index is 0.935. The zero-order valence-corrected chi connectivity index (χ0v) is 31.0. The Morgan fingerprint density at radius 1 is 0.351 bits per heavy atom. The van der Waals surface area contributed by atoms with Gasteiger partial charge in [0, 0.05) is 45.5 Å². The first-order chi connectivity index (χ1) is 28.3. The van der Waals surface area contributed by atoms with Crippen molar-refractivity contribution >= 4 is 43.7 Å². The van der Waals surface area contributed by atoms with Gasteiger partial charge in [-0.25, -0.2) is 0 Å². The Hall–Kier alpha value is -7.56. The van der Waals surface area contributed by atoms with Gasteiger partial charge in [0.05, 0.1) is 33.3 Å². The van der Waals surface area contributed by atoms with Crippen LogP contribution in [0, 0.1) is 0 Å². The molecule has 1 aliphatic carbocycles. The van der Waals surface area contributed by atoms with Crippen LogP contribution in [0.3, 0.4) is 0 Å². The standard InChI is InChI=1S/C53H34N4/c1-2-11-39(12-3-1)56-51-25-22-35(31-47(51)53-52(56)18-10-28-55-53)34-19-20-36-29-37-21-24-40(33-45(37)44(36)30-34)57-49-17-7-6-15-43(49)46-32-38(23-26-50(46)57)41-13-4-5-14-42(41)48-16-8-9-27-54-48/h1-28,30-33H,29H2. The monoisotopic (exact) mass is 726 g/mol. The molecule has 0 fully saturated rings. The van der Waals surface area contributed by atoms with Gasteiger partial charge in [-0.1, -0.05) is 97.1 Å². The molecule has 0 atom stereocenters. The fourth-order valence-electron chi connectivity index (χ4n) is 9.24. The van der Waals surface area contributed by atoms with Gasteiger partial charge in [-0.3, -0.25) is 9.97 Å². The van der Waals surface area contributed by atoms with Crippen molar-refractivity contribution in [1.82, 2.24) is 19.1 Å². The average Bonchev–Trinajstić information content (AvgIpc) is 3.93. The van der Waals surface area contributed by atoms with Crippen molar-refractivity contribution in [3.05, 3.63) is 206 Å². The normalized spacial score (nSPS) is 12.1. The predicted octanol–water partition coefficient (Wildman–Crippen LogP) is 13.2. The average molecular weight is 727 g/mol. The molecule has 12 rings (SSSR count). The Balaban J connectivity index is 0.970. The second-order valence-corrected chi connectivity index (χ2v) is 15.0. The van der Waals surface area contributed by atoms with Crippen LogP contribution < -0.4 is 0 Å². The predicted molar refractivity (Wildman–Crippen MR) is 235 cm³/mol. The van der Waals surface area contributed by atoms with Crippen molar-refractivity contribution in [2.75, 3.05) is 0 Å². The summed E-state index contributed by atoms with van der Waals surface area (Å²) in [5.41, 5.74) is 20.2. The summed E-state index contributed by atoms with van der Waals surface area (Å²) in [6.45, 7) is 0. The van der Waals surface area contributed by atoms with Crippen LogP contribution in [-0.2, 0) is 6.42 Å². The summed E-state index contributed by atoms with van der Waals surface area (Å²) in [5, 5.41) is 3.64. The lowest BCUT2D eigenvalue weighted by atomic mass is 9.96. The summed E-state index contributed by atoms with van der Waals surface area (Å²) < 4.78 is 4.75. The maximum atomic E-state index is 4.87. The van der Waals surface area contributed by atoms with Crippen LogP contribution in [0.25, 0.3) is 99.8 Å². The molecule has 4 nitrogen and oxygen atoms in total. The van der Waals surface area contributed by atoms with E-state index in [-0.39, 0.29) is 0 Å². The van der Waals surface area contributed by atoms with Crippen LogP contribution in [0.5, 0.6) is 0 Å². The molecule has 4 aromatic heterocycles. The molecule has 0 N–H and O–H groups in total. The van der Waals surface area contributed by atoms with E-state index >= 15 is 0 Å². The molecule has 0 spiro atoms. The fraction of sp³-hybridized carbons (Fsp3) is 0.0189. The number of benzene rings is 7. The number of fused-ring (bicyclic) bond motifs is 9. The molecule has 0 amide bonds. The van der Waals surface area contributed by atoms with E-state index in [0.29, 0.717) is 0 Å². The Morgan fingerprint density at radius 2 is 0.982 bits per heavy atom. The second kappa shape index (κ2) is 12.5. The Kier molecular flexibility index (Phi) is 6.96. The minimum atomic E-state index is 0.935. The number of hydrogen-bond acceptors (Lipinski definition) is 2. The van der Waals surface area contributed by atoms with Crippen LogP contribution in [-0.4, -0.2) is 19.1 Å². The highest BCUT2D eigenvalue weighted by Crippen LogP contribution is 2.43. The molecular weight excluding hydrogens is 693 g/mol. The van der Waals surface area contributed by atoms with Crippen molar-refractivity contribution in [3.63, 3.8) is 0 Å². The van der Waals surface area contributed by atoms with Crippen LogP contribution in [0.4, 0.5) is 0 Å². The molecule has 0 aliphatic heterocycles. The summed E-state index contributed by atoms with van der Waals surface area (Å²) in [5.74, 6) is 0. The quantitative estimate of drug-likeness (QED) is 0.177. The summed E-state index contributed by atoms with van der Waals surface area (Å²) in [7, 11) is 0. The van der Waals surface area contributed by atoms with Crippen molar-refractivity contribution in [1.29, 1.82) is 0 Å². The zero-order chi connectivity index (χ0) is 37.5. The molecule has 57 heavy (non-hydrogen) atoms. The molecule has 0 bridgehead atoms. The van der Waals surface area contributed by atoms with Gasteiger partial charge in [0.1, 0.15) is 0 Å². The SMILES string of the molecule is c1ccc(-n2c3ccc(-c4ccc5c(c4)-c4cc(-n6c7ccccc7c7cc(-c8ccccc8-c8ccccn8)ccc76)ccc4C5)cc3c3ncccc32)cc1. The van der Waals surface area contributed by atoms with Gasteiger partial charge < -0.3 is 9.13 Å². The third-order valence-electron chi connectivity index (χ3n) is 11.9. The highest BCUT2D eigenvalue weighted by Gasteiger charge is 2.22. The van der Waals surface area contributed by atoms with E-state index in [1.165, 1.54) is 72.0 Å². The van der Waals surface area contributed by atoms with E-state index in [1.807, 2.05) is 24.5 Å². The first kappa shape index (κ1) is 31.8. The molecule has 0 unspecified atom stereocenters. The van der Waals surface area contributed by atoms with Crippen molar-refractivity contribution in [2.24, 2.45) is 0 Å². The maximum Gasteiger partial charge on any atom is 0.0963 e. The number of pyridine rings is 2. The van der Waals surface area contributed by atoms with Gasteiger partial charge in [0.15, 0.2) is 0 Å². The Bertz CT molecular complexity index is 3370. The molecule has 266 valence electrons. The Morgan fingerprint density at radius 3 is 1.86 bits per heavy atom. The Labute approximate surface area is 329 Å². The topological polar surface area (TPSA) is 35.6 Å². The second-order valence-electron chi connectivity index (χ2n) is 15.0. The number of aromatic nitrogens is 4. The molecule has 11 aromatic rings. The largest absolute Gasteiger partial charge is 0.309 e. The molecule has 0 radical (unpaired) electrons. The lowest BCUT2D eigenvalue weighted by molar-refractivity contribution is 1.17. The molecule has 4 heteroatoms. The highest BCUT2D eigenvalue weighted by molar-refractivity contribution is 6.11. The minimum Gasteiger partial charge on any atom is -0.309 e. The first-order valence-corrected chi connectivity index (χ1v) is 19.5.